The molecule has 1 aromatic rings. The van der Waals surface area contributed by atoms with Crippen molar-refractivity contribution in [3.8, 4) is 0 Å². The van der Waals surface area contributed by atoms with Gasteiger partial charge in [-0.2, -0.15) is 13.2 Å². The van der Waals surface area contributed by atoms with Crippen LogP contribution in [0.4, 0.5) is 24.7 Å². The summed E-state index contributed by atoms with van der Waals surface area (Å²) in [5, 5.41) is 2.57. The van der Waals surface area contributed by atoms with Crippen LogP contribution < -0.4 is 10.2 Å². The van der Waals surface area contributed by atoms with E-state index in [1.165, 1.54) is 0 Å². The van der Waals surface area contributed by atoms with E-state index in [-0.39, 0.29) is 24.1 Å². The minimum atomic E-state index is -4.48. The highest BCUT2D eigenvalue weighted by Gasteiger charge is 2.37. The van der Waals surface area contributed by atoms with Gasteiger partial charge >= 0.3 is 6.18 Å². The van der Waals surface area contributed by atoms with Gasteiger partial charge in [0.1, 0.15) is 0 Å². The molecule has 1 aromatic heterocycles. The van der Waals surface area contributed by atoms with Crippen molar-refractivity contribution in [3.05, 3.63) is 17.8 Å². The maximum absolute atomic E-state index is 12.9. The van der Waals surface area contributed by atoms with Gasteiger partial charge in [-0.05, 0) is 19.9 Å². The fourth-order valence-electron chi connectivity index (χ4n) is 3.15. The van der Waals surface area contributed by atoms with Crippen molar-refractivity contribution >= 4 is 17.4 Å². The molecule has 0 radical (unpaired) electrons. The Morgan fingerprint density at radius 3 is 2.74 bits per heavy atom. The van der Waals surface area contributed by atoms with Gasteiger partial charge in [0.15, 0.2) is 5.82 Å². The first-order valence-electron chi connectivity index (χ1n) is 7.63. The smallest absolute Gasteiger partial charge is 0.349 e. The number of fused-ring (bicyclic) bond motifs is 3. The van der Waals surface area contributed by atoms with Crippen molar-refractivity contribution in [1.29, 1.82) is 0 Å². The molecular weight excluding hydrogens is 309 g/mol. The van der Waals surface area contributed by atoms with E-state index in [0.29, 0.717) is 24.9 Å². The third-order valence-corrected chi connectivity index (χ3v) is 4.41. The molecule has 23 heavy (non-hydrogen) atoms. The van der Waals surface area contributed by atoms with Crippen LogP contribution in [-0.2, 0) is 11.0 Å². The van der Waals surface area contributed by atoms with E-state index in [1.807, 2.05) is 4.90 Å². The summed E-state index contributed by atoms with van der Waals surface area (Å²) < 4.78 is 38.6. The molecule has 1 atom stereocenters. The first kappa shape index (κ1) is 16.0. The number of halogens is 3. The summed E-state index contributed by atoms with van der Waals surface area (Å²) in [6.45, 7) is 6.32. The van der Waals surface area contributed by atoms with Crippen molar-refractivity contribution < 1.29 is 18.0 Å². The lowest BCUT2D eigenvalue weighted by Gasteiger charge is -2.42. The maximum Gasteiger partial charge on any atom is 0.417 e. The molecule has 1 N–H and O–H groups in total. The van der Waals surface area contributed by atoms with Gasteiger partial charge in [-0.3, -0.25) is 9.69 Å². The lowest BCUT2D eigenvalue weighted by atomic mass is 10.1. The van der Waals surface area contributed by atoms with Crippen LogP contribution in [0.5, 0.6) is 0 Å². The normalized spacial score (nSPS) is 22.4. The lowest BCUT2D eigenvalue weighted by molar-refractivity contribution is -0.137. The summed E-state index contributed by atoms with van der Waals surface area (Å²) in [4.78, 5) is 20.3. The molecule has 2 aliphatic heterocycles. The number of pyridine rings is 1. The van der Waals surface area contributed by atoms with Crippen LogP contribution in [-0.4, -0.2) is 47.5 Å². The highest BCUT2D eigenvalue weighted by Crippen LogP contribution is 2.36. The number of hydrogen-bond acceptors (Lipinski definition) is 4. The van der Waals surface area contributed by atoms with Crippen LogP contribution in [0.25, 0.3) is 0 Å². The Morgan fingerprint density at radius 1 is 1.35 bits per heavy atom. The van der Waals surface area contributed by atoms with Crippen molar-refractivity contribution in [2.75, 3.05) is 29.9 Å². The minimum Gasteiger partial charge on any atom is -0.349 e. The number of amides is 1. The van der Waals surface area contributed by atoms with Crippen molar-refractivity contribution in [3.63, 3.8) is 0 Å². The summed E-state index contributed by atoms with van der Waals surface area (Å²) in [6.07, 6.45) is -3.39. The van der Waals surface area contributed by atoms with Crippen LogP contribution in [0.2, 0.25) is 0 Å². The number of nitrogens with zero attached hydrogens (tertiary/aromatic N) is 3. The zero-order chi connectivity index (χ0) is 16.8. The fraction of sp³-hybridized carbons (Fsp3) is 0.600. The maximum atomic E-state index is 12.9. The number of aromatic nitrogens is 1. The fourth-order valence-corrected chi connectivity index (χ4v) is 3.15. The molecule has 0 spiro atoms. The highest BCUT2D eigenvalue weighted by atomic mass is 19.4. The molecule has 1 unspecified atom stereocenters. The Labute approximate surface area is 132 Å². The summed E-state index contributed by atoms with van der Waals surface area (Å²) in [5.41, 5.74) is -0.707. The topological polar surface area (TPSA) is 48.5 Å². The average molecular weight is 328 g/mol. The van der Waals surface area contributed by atoms with Crippen LogP contribution in [0.15, 0.2) is 12.3 Å². The second kappa shape index (κ2) is 5.67. The van der Waals surface area contributed by atoms with Crippen LogP contribution in [0.1, 0.15) is 25.8 Å². The first-order valence-corrected chi connectivity index (χ1v) is 7.63. The van der Waals surface area contributed by atoms with Gasteiger partial charge in [0.05, 0.1) is 17.3 Å². The van der Waals surface area contributed by atoms with E-state index in [2.05, 4.69) is 29.0 Å². The standard InChI is InChI=1S/C15H19F3N4O/c1-9(2)21-3-4-22-11(8-21)6-13(23)20-12-5-10(15(16,17)18)7-19-14(12)22/h5,7,9,11H,3-4,6,8H2,1-2H3,(H,20,23). The second-order valence-electron chi connectivity index (χ2n) is 6.28. The van der Waals surface area contributed by atoms with Gasteiger partial charge in [-0.1, -0.05) is 0 Å². The quantitative estimate of drug-likeness (QED) is 0.860. The van der Waals surface area contributed by atoms with Gasteiger partial charge in [0.25, 0.3) is 0 Å². The van der Waals surface area contributed by atoms with Gasteiger partial charge < -0.3 is 10.2 Å². The van der Waals surface area contributed by atoms with Crippen LogP contribution >= 0.6 is 0 Å². The molecule has 8 heteroatoms. The highest BCUT2D eigenvalue weighted by molar-refractivity contribution is 5.96. The Morgan fingerprint density at radius 2 is 2.09 bits per heavy atom. The van der Waals surface area contributed by atoms with E-state index >= 15 is 0 Å². The van der Waals surface area contributed by atoms with Crippen molar-refractivity contribution in [2.24, 2.45) is 0 Å². The number of rotatable bonds is 1. The summed E-state index contributed by atoms with van der Waals surface area (Å²) in [6, 6.07) is 1.26. The first-order chi connectivity index (χ1) is 10.8. The van der Waals surface area contributed by atoms with Crippen LogP contribution in [0, 0.1) is 0 Å². The number of alkyl halides is 3. The zero-order valence-corrected chi connectivity index (χ0v) is 13.0. The van der Waals surface area contributed by atoms with E-state index in [9.17, 15) is 18.0 Å². The van der Waals surface area contributed by atoms with Gasteiger partial charge in [0, 0.05) is 38.3 Å². The van der Waals surface area contributed by atoms with E-state index in [1.54, 1.807) is 0 Å². The number of nitrogens with one attached hydrogen (secondary N) is 1. The van der Waals surface area contributed by atoms with Crippen molar-refractivity contribution in [2.45, 2.75) is 38.5 Å². The molecule has 2 aliphatic rings. The molecule has 5 nitrogen and oxygen atoms in total. The molecule has 1 amide bonds. The SMILES string of the molecule is CC(C)N1CCN2c3ncc(C(F)(F)F)cc3NC(=O)CC2C1. The van der Waals surface area contributed by atoms with E-state index in [0.717, 1.165) is 18.8 Å². The molecular formula is C15H19F3N4O. The number of hydrogen-bond donors (Lipinski definition) is 1. The van der Waals surface area contributed by atoms with Gasteiger partial charge in [0.2, 0.25) is 5.91 Å². The summed E-state index contributed by atoms with van der Waals surface area (Å²) >= 11 is 0. The zero-order valence-electron chi connectivity index (χ0n) is 13.0. The molecule has 1 saturated heterocycles. The minimum absolute atomic E-state index is 0.0726. The monoisotopic (exact) mass is 328 g/mol. The molecule has 3 rings (SSSR count). The van der Waals surface area contributed by atoms with Crippen molar-refractivity contribution in [1.82, 2.24) is 9.88 Å². The second-order valence-corrected chi connectivity index (χ2v) is 6.28. The molecule has 3 heterocycles. The Bertz CT molecular complexity index is 617. The molecule has 0 aromatic carbocycles. The summed E-state index contributed by atoms with van der Waals surface area (Å²) in [5.74, 6) is 0.155. The number of piperazine rings is 1. The van der Waals surface area contributed by atoms with E-state index < -0.39 is 11.7 Å². The average Bonchev–Trinajstić information content (AvgIpc) is 2.59. The largest absolute Gasteiger partial charge is 0.417 e. The Hall–Kier alpha value is -1.83. The number of carbonyl (C=O) groups is 1. The molecule has 0 bridgehead atoms. The number of anilines is 2. The Kier molecular flexibility index (Phi) is 3.95. The number of carbonyl (C=O) groups excluding carboxylic acids is 1. The third kappa shape index (κ3) is 3.12. The predicted molar refractivity (Wildman–Crippen MR) is 80.3 cm³/mol. The predicted octanol–water partition coefficient (Wildman–Crippen LogP) is 2.34. The van der Waals surface area contributed by atoms with Gasteiger partial charge in [-0.25, -0.2) is 4.98 Å². The lowest BCUT2D eigenvalue weighted by Crippen LogP contribution is -2.55. The van der Waals surface area contributed by atoms with E-state index in [4.69, 9.17) is 0 Å². The molecule has 1 fully saturated rings. The summed E-state index contributed by atoms with van der Waals surface area (Å²) in [7, 11) is 0. The molecule has 0 aliphatic carbocycles. The molecule has 126 valence electrons. The third-order valence-electron chi connectivity index (χ3n) is 4.41. The van der Waals surface area contributed by atoms with Crippen LogP contribution in [0.3, 0.4) is 0 Å². The van der Waals surface area contributed by atoms with Gasteiger partial charge in [-0.15, -0.1) is 0 Å². The molecule has 0 saturated carbocycles. The Balaban J connectivity index is 1.95.